The molecule has 1 atom stereocenters. The molecule has 0 aliphatic rings. The van der Waals surface area contributed by atoms with E-state index in [1.807, 2.05) is 6.07 Å². The number of phenolic OH excluding ortho intramolecular Hbond substituents is 1. The van der Waals surface area contributed by atoms with Gasteiger partial charge >= 0.3 is 0 Å². The van der Waals surface area contributed by atoms with E-state index in [2.05, 4.69) is 26.5 Å². The maximum Gasteiger partial charge on any atom is 0.280 e. The number of benzene rings is 2. The van der Waals surface area contributed by atoms with Crippen molar-refractivity contribution in [2.45, 2.75) is 13.0 Å². The monoisotopic (exact) mass is 407 g/mol. The lowest BCUT2D eigenvalue weighted by Gasteiger charge is -2.13. The zero-order chi connectivity index (χ0) is 18.4. The third-order valence-electron chi connectivity index (χ3n) is 3.11. The fraction of sp³-hybridized carbons (Fsp3) is 0.125. The predicted octanol–water partition coefficient (Wildman–Crippen LogP) is 2.98. The van der Waals surface area contributed by atoms with Gasteiger partial charge in [-0.25, -0.2) is 5.43 Å². The summed E-state index contributed by atoms with van der Waals surface area (Å²) in [6.45, 7) is 1.55. The number of nitrogens with one attached hydrogen (secondary N) is 1. The normalized spacial score (nSPS) is 11.9. The van der Waals surface area contributed by atoms with E-state index < -0.39 is 16.9 Å². The van der Waals surface area contributed by atoms with Crippen LogP contribution in [-0.2, 0) is 4.79 Å². The van der Waals surface area contributed by atoms with E-state index in [1.165, 1.54) is 12.1 Å². The van der Waals surface area contributed by atoms with Gasteiger partial charge in [-0.1, -0.05) is 12.1 Å². The predicted molar refractivity (Wildman–Crippen MR) is 94.7 cm³/mol. The summed E-state index contributed by atoms with van der Waals surface area (Å²) in [5.74, 6) is -0.205. The van der Waals surface area contributed by atoms with Crippen molar-refractivity contribution in [3.8, 4) is 11.5 Å². The van der Waals surface area contributed by atoms with Crippen LogP contribution in [0.5, 0.6) is 11.5 Å². The maximum absolute atomic E-state index is 12.0. The minimum absolute atomic E-state index is 0.105. The number of hydrogen-bond acceptors (Lipinski definition) is 6. The van der Waals surface area contributed by atoms with Crippen molar-refractivity contribution >= 4 is 33.7 Å². The largest absolute Gasteiger partial charge is 0.507 e. The molecule has 0 saturated heterocycles. The summed E-state index contributed by atoms with van der Waals surface area (Å²) in [4.78, 5) is 22.1. The molecule has 0 aliphatic heterocycles. The first-order chi connectivity index (χ1) is 11.9. The summed E-state index contributed by atoms with van der Waals surface area (Å²) in [6, 6.07) is 10.6. The van der Waals surface area contributed by atoms with E-state index in [0.717, 1.165) is 12.3 Å². The molecule has 130 valence electrons. The number of carbonyl (C=O) groups is 1. The molecule has 1 amide bonds. The van der Waals surface area contributed by atoms with Crippen molar-refractivity contribution in [3.05, 3.63) is 62.6 Å². The van der Waals surface area contributed by atoms with Crippen molar-refractivity contribution in [3.63, 3.8) is 0 Å². The number of rotatable bonds is 6. The van der Waals surface area contributed by atoms with Crippen molar-refractivity contribution in [2.75, 3.05) is 0 Å². The van der Waals surface area contributed by atoms with Crippen molar-refractivity contribution < 1.29 is 19.6 Å². The van der Waals surface area contributed by atoms with Crippen molar-refractivity contribution in [1.82, 2.24) is 5.43 Å². The van der Waals surface area contributed by atoms with Crippen LogP contribution in [0, 0.1) is 10.1 Å². The number of amides is 1. The number of halogens is 1. The van der Waals surface area contributed by atoms with Gasteiger partial charge in [-0.05, 0) is 41.1 Å². The summed E-state index contributed by atoms with van der Waals surface area (Å²) in [5, 5.41) is 24.1. The van der Waals surface area contributed by atoms with Gasteiger partial charge in [0, 0.05) is 17.7 Å². The number of nitrogens with zero attached hydrogens (tertiary/aromatic N) is 2. The Hall–Kier alpha value is -2.94. The highest BCUT2D eigenvalue weighted by molar-refractivity contribution is 9.10. The highest BCUT2D eigenvalue weighted by Crippen LogP contribution is 2.25. The molecule has 2 rings (SSSR count). The number of para-hydroxylation sites is 1. The summed E-state index contributed by atoms with van der Waals surface area (Å²) in [7, 11) is 0. The zero-order valence-corrected chi connectivity index (χ0v) is 14.6. The summed E-state index contributed by atoms with van der Waals surface area (Å²) >= 11 is 3.31. The number of hydrogen-bond donors (Lipinski definition) is 2. The van der Waals surface area contributed by atoms with Crippen LogP contribution < -0.4 is 10.2 Å². The standard InChI is InChI=1S/C16H14BrN3O5/c1-10(25-15-5-3-2-4-13(15)17)16(22)19-18-9-11-8-12(20(23)24)6-7-14(11)21/h2-10,21H,1H3,(H,19,22)/b18-9-/t10-/m0/s1. The van der Waals surface area contributed by atoms with Crippen LogP contribution in [0.25, 0.3) is 0 Å². The zero-order valence-electron chi connectivity index (χ0n) is 13.0. The molecule has 0 unspecified atom stereocenters. The Morgan fingerprint density at radius 2 is 2.12 bits per heavy atom. The smallest absolute Gasteiger partial charge is 0.280 e. The van der Waals surface area contributed by atoms with Gasteiger partial charge in [-0.15, -0.1) is 0 Å². The van der Waals surface area contributed by atoms with Crippen LogP contribution in [0.2, 0.25) is 0 Å². The van der Waals surface area contributed by atoms with Gasteiger partial charge in [-0.2, -0.15) is 5.10 Å². The van der Waals surface area contributed by atoms with Crippen molar-refractivity contribution in [2.24, 2.45) is 5.10 Å². The molecular weight excluding hydrogens is 394 g/mol. The van der Waals surface area contributed by atoms with Crippen LogP contribution >= 0.6 is 15.9 Å². The number of hydrazone groups is 1. The van der Waals surface area contributed by atoms with Gasteiger partial charge in [-0.3, -0.25) is 14.9 Å². The number of ether oxygens (including phenoxy) is 1. The van der Waals surface area contributed by atoms with Crippen LogP contribution in [0.1, 0.15) is 12.5 Å². The molecule has 0 aromatic heterocycles. The molecule has 0 heterocycles. The molecule has 0 fully saturated rings. The molecule has 2 aromatic carbocycles. The third-order valence-corrected chi connectivity index (χ3v) is 3.77. The number of non-ortho nitro benzene ring substituents is 1. The summed E-state index contributed by atoms with van der Waals surface area (Å²) in [6.07, 6.45) is 0.292. The fourth-order valence-corrected chi connectivity index (χ4v) is 2.18. The van der Waals surface area contributed by atoms with E-state index in [-0.39, 0.29) is 17.0 Å². The van der Waals surface area contributed by atoms with E-state index >= 15 is 0 Å². The molecule has 0 saturated carbocycles. The summed E-state index contributed by atoms with van der Waals surface area (Å²) < 4.78 is 6.22. The molecule has 8 nitrogen and oxygen atoms in total. The van der Waals surface area contributed by atoms with Gasteiger partial charge in [0.25, 0.3) is 11.6 Å². The van der Waals surface area contributed by atoms with Crippen LogP contribution in [0.4, 0.5) is 5.69 Å². The van der Waals surface area contributed by atoms with E-state index in [0.29, 0.717) is 10.2 Å². The molecule has 2 N–H and O–H groups in total. The second kappa shape index (κ2) is 8.25. The second-order valence-electron chi connectivity index (χ2n) is 4.92. The molecule has 0 aliphatic carbocycles. The molecule has 0 radical (unpaired) electrons. The van der Waals surface area contributed by atoms with Crippen LogP contribution in [0.15, 0.2) is 52.0 Å². The van der Waals surface area contributed by atoms with Gasteiger partial charge in [0.05, 0.1) is 15.6 Å². The molecule has 9 heteroatoms. The second-order valence-corrected chi connectivity index (χ2v) is 5.78. The lowest BCUT2D eigenvalue weighted by molar-refractivity contribution is -0.384. The first-order valence-electron chi connectivity index (χ1n) is 7.10. The first-order valence-corrected chi connectivity index (χ1v) is 7.89. The molecule has 2 aromatic rings. The lowest BCUT2D eigenvalue weighted by Crippen LogP contribution is -2.33. The van der Waals surface area contributed by atoms with Crippen LogP contribution in [-0.4, -0.2) is 28.3 Å². The topological polar surface area (TPSA) is 114 Å². The Balaban J connectivity index is 1.99. The van der Waals surface area contributed by atoms with E-state index in [4.69, 9.17) is 4.74 Å². The molecular formula is C16H14BrN3O5. The lowest BCUT2D eigenvalue weighted by atomic mass is 10.2. The van der Waals surface area contributed by atoms with Gasteiger partial charge < -0.3 is 9.84 Å². The Morgan fingerprint density at radius 1 is 1.40 bits per heavy atom. The average molecular weight is 408 g/mol. The molecule has 25 heavy (non-hydrogen) atoms. The number of carbonyl (C=O) groups excluding carboxylic acids is 1. The average Bonchev–Trinajstić information content (AvgIpc) is 2.58. The summed E-state index contributed by atoms with van der Waals surface area (Å²) in [5.41, 5.74) is 2.16. The van der Waals surface area contributed by atoms with Crippen molar-refractivity contribution in [1.29, 1.82) is 0 Å². The Kier molecular flexibility index (Phi) is 6.07. The molecule has 0 spiro atoms. The highest BCUT2D eigenvalue weighted by Gasteiger charge is 2.15. The third kappa shape index (κ3) is 5.01. The number of phenols is 1. The minimum Gasteiger partial charge on any atom is -0.507 e. The maximum atomic E-state index is 12.0. The quantitative estimate of drug-likeness (QED) is 0.433. The van der Waals surface area contributed by atoms with E-state index in [1.54, 1.807) is 25.1 Å². The number of nitro benzene ring substituents is 1. The van der Waals surface area contributed by atoms with Gasteiger partial charge in [0.15, 0.2) is 6.10 Å². The Labute approximate surface area is 151 Å². The highest BCUT2D eigenvalue weighted by atomic mass is 79.9. The van der Waals surface area contributed by atoms with Crippen LogP contribution in [0.3, 0.4) is 0 Å². The Morgan fingerprint density at radius 3 is 2.80 bits per heavy atom. The SMILES string of the molecule is C[C@H](Oc1ccccc1Br)C(=O)N/N=C\c1cc([N+](=O)[O-])ccc1O. The Bertz CT molecular complexity index is 825. The van der Waals surface area contributed by atoms with E-state index in [9.17, 15) is 20.0 Å². The number of aromatic hydroxyl groups is 1. The number of nitro groups is 1. The van der Waals surface area contributed by atoms with Gasteiger partial charge in [0.1, 0.15) is 11.5 Å². The minimum atomic E-state index is -0.824. The fourth-order valence-electron chi connectivity index (χ4n) is 1.80. The van der Waals surface area contributed by atoms with Gasteiger partial charge in [0.2, 0.25) is 0 Å². The molecule has 0 bridgehead atoms. The first kappa shape index (κ1) is 18.4.